The fourth-order valence-corrected chi connectivity index (χ4v) is 4.36. The predicted octanol–water partition coefficient (Wildman–Crippen LogP) is 3.21. The van der Waals surface area contributed by atoms with Crippen LogP contribution in [-0.4, -0.2) is 53.4 Å². The van der Waals surface area contributed by atoms with E-state index in [-0.39, 0.29) is 0 Å². The number of hydrogen-bond donors (Lipinski definition) is 0. The van der Waals surface area contributed by atoms with Gasteiger partial charge in [-0.2, -0.15) is 0 Å². The standard InChI is InChI=1S/C15H29BrN2/c1-12(2)14(8-16)10-18-11-15-6-4-5-7-17(15)9-13(18)3/h12-15H,4-11H2,1-3H3. The van der Waals surface area contributed by atoms with Crippen molar-refractivity contribution in [3.05, 3.63) is 0 Å². The zero-order valence-corrected chi connectivity index (χ0v) is 13.8. The number of piperidine rings is 1. The van der Waals surface area contributed by atoms with Crippen molar-refractivity contribution in [2.24, 2.45) is 11.8 Å². The summed E-state index contributed by atoms with van der Waals surface area (Å²) in [6.45, 7) is 12.3. The van der Waals surface area contributed by atoms with Crippen molar-refractivity contribution in [3.63, 3.8) is 0 Å². The van der Waals surface area contributed by atoms with Crippen LogP contribution >= 0.6 is 15.9 Å². The molecule has 0 bridgehead atoms. The van der Waals surface area contributed by atoms with E-state index < -0.39 is 0 Å². The highest BCUT2D eigenvalue weighted by molar-refractivity contribution is 9.09. The van der Waals surface area contributed by atoms with E-state index in [0.29, 0.717) is 0 Å². The van der Waals surface area contributed by atoms with Crippen LogP contribution in [0.3, 0.4) is 0 Å². The van der Waals surface area contributed by atoms with Crippen LogP contribution in [-0.2, 0) is 0 Å². The topological polar surface area (TPSA) is 6.48 Å². The molecule has 0 aromatic rings. The van der Waals surface area contributed by atoms with E-state index in [4.69, 9.17) is 0 Å². The van der Waals surface area contributed by atoms with Gasteiger partial charge in [0, 0.05) is 37.0 Å². The minimum atomic E-state index is 0.736. The Labute approximate surface area is 121 Å². The van der Waals surface area contributed by atoms with Crippen molar-refractivity contribution in [1.82, 2.24) is 9.80 Å². The summed E-state index contributed by atoms with van der Waals surface area (Å²) in [6.07, 6.45) is 4.28. The van der Waals surface area contributed by atoms with E-state index in [9.17, 15) is 0 Å². The van der Waals surface area contributed by atoms with Gasteiger partial charge in [0.2, 0.25) is 0 Å². The Hall–Kier alpha value is 0.400. The molecule has 0 amide bonds. The van der Waals surface area contributed by atoms with Crippen molar-refractivity contribution in [2.45, 2.75) is 52.1 Å². The highest BCUT2D eigenvalue weighted by Crippen LogP contribution is 2.26. The second kappa shape index (κ2) is 6.71. The number of rotatable bonds is 4. The number of fused-ring (bicyclic) bond motifs is 1. The maximum Gasteiger partial charge on any atom is 0.0223 e. The minimum absolute atomic E-state index is 0.736. The lowest BCUT2D eigenvalue weighted by Crippen LogP contribution is -2.59. The van der Waals surface area contributed by atoms with Crippen LogP contribution in [0.2, 0.25) is 0 Å². The molecule has 2 aliphatic heterocycles. The molecule has 2 saturated heterocycles. The van der Waals surface area contributed by atoms with Crippen LogP contribution in [0.1, 0.15) is 40.0 Å². The summed E-state index contributed by atoms with van der Waals surface area (Å²) in [6, 6.07) is 1.58. The lowest BCUT2D eigenvalue weighted by atomic mass is 9.93. The quantitative estimate of drug-likeness (QED) is 0.735. The lowest BCUT2D eigenvalue weighted by Gasteiger charge is -2.48. The van der Waals surface area contributed by atoms with Crippen molar-refractivity contribution < 1.29 is 0 Å². The first kappa shape index (κ1) is 14.8. The smallest absolute Gasteiger partial charge is 0.0223 e. The summed E-state index contributed by atoms with van der Waals surface area (Å²) in [5.74, 6) is 1.57. The maximum atomic E-state index is 3.69. The molecule has 106 valence electrons. The monoisotopic (exact) mass is 316 g/mol. The molecule has 3 unspecified atom stereocenters. The van der Waals surface area contributed by atoms with Crippen molar-refractivity contribution in [1.29, 1.82) is 0 Å². The van der Waals surface area contributed by atoms with E-state index in [1.165, 1.54) is 45.4 Å². The molecular formula is C15H29BrN2. The van der Waals surface area contributed by atoms with Gasteiger partial charge in [-0.3, -0.25) is 9.80 Å². The Morgan fingerprint density at radius 2 is 2.00 bits per heavy atom. The first-order valence-corrected chi connectivity index (χ1v) is 8.78. The zero-order chi connectivity index (χ0) is 13.1. The number of hydrogen-bond acceptors (Lipinski definition) is 2. The van der Waals surface area contributed by atoms with E-state index in [2.05, 4.69) is 46.5 Å². The summed E-state index contributed by atoms with van der Waals surface area (Å²) >= 11 is 3.69. The largest absolute Gasteiger partial charge is 0.298 e. The number of alkyl halides is 1. The van der Waals surface area contributed by atoms with Gasteiger partial charge in [-0.15, -0.1) is 0 Å². The number of piperazine rings is 1. The average molecular weight is 317 g/mol. The van der Waals surface area contributed by atoms with E-state index in [1.54, 1.807) is 0 Å². The molecule has 0 radical (unpaired) electrons. The van der Waals surface area contributed by atoms with Gasteiger partial charge in [-0.1, -0.05) is 36.2 Å². The van der Waals surface area contributed by atoms with Crippen molar-refractivity contribution >= 4 is 15.9 Å². The molecular weight excluding hydrogens is 288 g/mol. The van der Waals surface area contributed by atoms with Gasteiger partial charge in [0.05, 0.1) is 0 Å². The van der Waals surface area contributed by atoms with Crippen LogP contribution in [0.25, 0.3) is 0 Å². The molecule has 2 nitrogen and oxygen atoms in total. The van der Waals surface area contributed by atoms with Crippen LogP contribution in [0, 0.1) is 11.8 Å². The zero-order valence-electron chi connectivity index (χ0n) is 12.2. The SMILES string of the molecule is CC(C)C(CBr)CN1CC2CCCCN2CC1C. The molecule has 2 rings (SSSR count). The van der Waals surface area contributed by atoms with Crippen molar-refractivity contribution in [3.8, 4) is 0 Å². The molecule has 0 saturated carbocycles. The molecule has 2 aliphatic rings. The Balaban J connectivity index is 1.92. The molecule has 0 aromatic heterocycles. The van der Waals surface area contributed by atoms with Crippen LogP contribution in [0.5, 0.6) is 0 Å². The molecule has 3 heteroatoms. The second-order valence-electron chi connectivity index (χ2n) is 6.61. The first-order chi connectivity index (χ1) is 8.61. The van der Waals surface area contributed by atoms with Crippen LogP contribution in [0.4, 0.5) is 0 Å². The summed E-state index contributed by atoms with van der Waals surface area (Å²) in [4.78, 5) is 5.49. The predicted molar refractivity (Wildman–Crippen MR) is 82.4 cm³/mol. The van der Waals surface area contributed by atoms with E-state index in [0.717, 1.165) is 29.2 Å². The fraction of sp³-hybridized carbons (Fsp3) is 1.00. The highest BCUT2D eigenvalue weighted by Gasteiger charge is 2.33. The third kappa shape index (κ3) is 3.49. The molecule has 3 atom stereocenters. The Morgan fingerprint density at radius 1 is 1.22 bits per heavy atom. The third-order valence-corrected chi connectivity index (χ3v) is 5.76. The molecule has 0 N–H and O–H groups in total. The summed E-state index contributed by atoms with van der Waals surface area (Å²) in [5.41, 5.74) is 0. The van der Waals surface area contributed by atoms with E-state index in [1.807, 2.05) is 0 Å². The molecule has 18 heavy (non-hydrogen) atoms. The number of halogens is 1. The van der Waals surface area contributed by atoms with Gasteiger partial charge in [0.15, 0.2) is 0 Å². The maximum absolute atomic E-state index is 3.69. The van der Waals surface area contributed by atoms with Gasteiger partial charge >= 0.3 is 0 Å². The normalized spacial score (nSPS) is 32.5. The lowest BCUT2D eigenvalue weighted by molar-refractivity contribution is 0.00625. The Kier molecular flexibility index (Phi) is 5.52. The molecule has 0 spiro atoms. The van der Waals surface area contributed by atoms with Gasteiger partial charge in [0.25, 0.3) is 0 Å². The Bertz CT molecular complexity index is 257. The second-order valence-corrected chi connectivity index (χ2v) is 7.25. The van der Waals surface area contributed by atoms with Crippen LogP contribution < -0.4 is 0 Å². The average Bonchev–Trinajstić information content (AvgIpc) is 2.35. The Morgan fingerprint density at radius 3 is 2.67 bits per heavy atom. The third-order valence-electron chi connectivity index (χ3n) is 4.93. The number of nitrogens with zero attached hydrogens (tertiary/aromatic N) is 2. The van der Waals surface area contributed by atoms with Gasteiger partial charge in [-0.25, -0.2) is 0 Å². The highest BCUT2D eigenvalue weighted by atomic mass is 79.9. The molecule has 2 heterocycles. The molecule has 0 aliphatic carbocycles. The van der Waals surface area contributed by atoms with Gasteiger partial charge < -0.3 is 0 Å². The van der Waals surface area contributed by atoms with Crippen LogP contribution in [0.15, 0.2) is 0 Å². The summed E-state index contributed by atoms with van der Waals surface area (Å²) in [5, 5.41) is 1.14. The van der Waals surface area contributed by atoms with Gasteiger partial charge in [-0.05, 0) is 38.1 Å². The fourth-order valence-electron chi connectivity index (χ4n) is 3.41. The molecule has 0 aromatic carbocycles. The summed E-state index contributed by atoms with van der Waals surface area (Å²) in [7, 11) is 0. The first-order valence-electron chi connectivity index (χ1n) is 7.66. The van der Waals surface area contributed by atoms with Gasteiger partial charge in [0.1, 0.15) is 0 Å². The summed E-state index contributed by atoms with van der Waals surface area (Å²) < 4.78 is 0. The molecule has 2 fully saturated rings. The van der Waals surface area contributed by atoms with E-state index >= 15 is 0 Å². The van der Waals surface area contributed by atoms with Crippen molar-refractivity contribution in [2.75, 3.05) is 31.5 Å². The minimum Gasteiger partial charge on any atom is -0.298 e.